The zero-order valence-electron chi connectivity index (χ0n) is 15.3. The van der Waals surface area contributed by atoms with Gasteiger partial charge in [-0.25, -0.2) is 4.98 Å². The van der Waals surface area contributed by atoms with Gasteiger partial charge in [0.2, 0.25) is 11.8 Å². The molecule has 2 aliphatic heterocycles. The van der Waals surface area contributed by atoms with Crippen LogP contribution in [0, 0.1) is 5.95 Å². The first-order valence-corrected chi connectivity index (χ1v) is 10.0. The molecule has 0 spiro atoms. The number of thiazole rings is 1. The van der Waals surface area contributed by atoms with Gasteiger partial charge in [-0.05, 0) is 13.0 Å². The number of morpholine rings is 1. The van der Waals surface area contributed by atoms with E-state index in [1.165, 1.54) is 11.3 Å². The minimum Gasteiger partial charge on any atom is -0.473 e. The molecular formula is C18H24FN5O2S. The topological polar surface area (TPSA) is 76.7 Å². The molecule has 9 heteroatoms. The number of rotatable bonds is 5. The van der Waals surface area contributed by atoms with Crippen molar-refractivity contribution in [3.8, 4) is 5.88 Å². The Morgan fingerprint density at radius 1 is 1.37 bits per heavy atom. The molecule has 4 rings (SSSR count). The number of nitrogens with zero attached hydrogens (tertiary/aromatic N) is 4. The van der Waals surface area contributed by atoms with E-state index < -0.39 is 5.95 Å². The molecule has 2 saturated heterocycles. The third-order valence-corrected chi connectivity index (χ3v) is 5.91. The van der Waals surface area contributed by atoms with Gasteiger partial charge in [-0.3, -0.25) is 4.90 Å². The highest BCUT2D eigenvalue weighted by Gasteiger charge is 2.31. The normalized spacial score (nSPS) is 23.7. The molecule has 7 nitrogen and oxygen atoms in total. The summed E-state index contributed by atoms with van der Waals surface area (Å²) in [7, 11) is 0. The molecule has 0 aromatic carbocycles. The van der Waals surface area contributed by atoms with Crippen LogP contribution in [-0.4, -0.2) is 59.9 Å². The van der Waals surface area contributed by atoms with Crippen LogP contribution in [0.1, 0.15) is 18.2 Å². The zero-order valence-corrected chi connectivity index (χ0v) is 16.1. The molecule has 146 valence electrons. The summed E-state index contributed by atoms with van der Waals surface area (Å²) in [4.78, 5) is 13.2. The first kappa shape index (κ1) is 18.4. The van der Waals surface area contributed by atoms with E-state index in [2.05, 4.69) is 26.7 Å². The summed E-state index contributed by atoms with van der Waals surface area (Å²) in [6, 6.07) is 4.26. The molecule has 0 aliphatic carbocycles. The molecule has 2 aromatic rings. The van der Waals surface area contributed by atoms with Crippen molar-refractivity contribution in [1.82, 2.24) is 14.9 Å². The van der Waals surface area contributed by atoms with E-state index in [9.17, 15) is 4.39 Å². The summed E-state index contributed by atoms with van der Waals surface area (Å²) in [5.74, 6) is 0.161. The van der Waals surface area contributed by atoms with Crippen LogP contribution in [0.2, 0.25) is 0 Å². The maximum absolute atomic E-state index is 13.8. The van der Waals surface area contributed by atoms with Gasteiger partial charge >= 0.3 is 0 Å². The van der Waals surface area contributed by atoms with Crippen molar-refractivity contribution < 1.29 is 13.9 Å². The maximum atomic E-state index is 13.8. The fraction of sp³-hybridized carbons (Fsp3) is 0.556. The van der Waals surface area contributed by atoms with Gasteiger partial charge in [0.1, 0.15) is 6.10 Å². The second kappa shape index (κ2) is 7.95. The van der Waals surface area contributed by atoms with Gasteiger partial charge in [0.05, 0.1) is 30.0 Å². The minimum absolute atomic E-state index is 0.0371. The van der Waals surface area contributed by atoms with Gasteiger partial charge in [-0.1, -0.05) is 11.3 Å². The molecule has 0 saturated carbocycles. The van der Waals surface area contributed by atoms with E-state index in [0.717, 1.165) is 45.0 Å². The SMILES string of the molecule is C[C@H]1C[C@@H](Oc2ccc(N3CCOCC3)cn2)CN1Cc1sc(N)nc1F. The molecule has 2 aliphatic rings. The van der Waals surface area contributed by atoms with Gasteiger partial charge in [-0.15, -0.1) is 0 Å². The lowest BCUT2D eigenvalue weighted by Gasteiger charge is -2.28. The number of hydrogen-bond acceptors (Lipinski definition) is 8. The van der Waals surface area contributed by atoms with Crippen LogP contribution in [0.15, 0.2) is 18.3 Å². The van der Waals surface area contributed by atoms with E-state index in [0.29, 0.717) is 23.3 Å². The van der Waals surface area contributed by atoms with E-state index >= 15 is 0 Å². The highest BCUT2D eigenvalue weighted by Crippen LogP contribution is 2.28. The Balaban J connectivity index is 1.34. The smallest absolute Gasteiger partial charge is 0.230 e. The average molecular weight is 393 g/mol. The highest BCUT2D eigenvalue weighted by atomic mass is 32.1. The minimum atomic E-state index is -0.463. The number of aromatic nitrogens is 2. The molecule has 27 heavy (non-hydrogen) atoms. The molecule has 4 heterocycles. The summed E-state index contributed by atoms with van der Waals surface area (Å²) >= 11 is 1.21. The summed E-state index contributed by atoms with van der Waals surface area (Å²) in [5, 5.41) is 0.270. The number of ether oxygens (including phenoxy) is 2. The van der Waals surface area contributed by atoms with Crippen LogP contribution in [-0.2, 0) is 11.3 Å². The number of nitrogens with two attached hydrogens (primary N) is 1. The second-order valence-corrected chi connectivity index (χ2v) is 8.09. The number of nitrogen functional groups attached to an aromatic ring is 1. The third-order valence-electron chi connectivity index (χ3n) is 5.06. The van der Waals surface area contributed by atoms with Crippen molar-refractivity contribution in [3.63, 3.8) is 0 Å². The summed E-state index contributed by atoms with van der Waals surface area (Å²) in [6.07, 6.45) is 2.77. The predicted octanol–water partition coefficient (Wildman–Crippen LogP) is 2.14. The lowest BCUT2D eigenvalue weighted by atomic mass is 10.2. The van der Waals surface area contributed by atoms with Crippen LogP contribution < -0.4 is 15.4 Å². The Labute approximate surface area is 161 Å². The number of pyridine rings is 1. The number of halogens is 1. The predicted molar refractivity (Wildman–Crippen MR) is 103 cm³/mol. The Morgan fingerprint density at radius 3 is 2.85 bits per heavy atom. The van der Waals surface area contributed by atoms with E-state index in [-0.39, 0.29) is 11.2 Å². The first-order chi connectivity index (χ1) is 13.1. The van der Waals surface area contributed by atoms with Gasteiger partial charge in [-0.2, -0.15) is 9.37 Å². The first-order valence-electron chi connectivity index (χ1n) is 9.18. The van der Waals surface area contributed by atoms with Gasteiger partial charge in [0, 0.05) is 44.7 Å². The maximum Gasteiger partial charge on any atom is 0.230 e. The number of anilines is 2. The Bertz CT molecular complexity index is 766. The Morgan fingerprint density at radius 2 is 2.19 bits per heavy atom. The fourth-order valence-corrected chi connectivity index (χ4v) is 4.34. The van der Waals surface area contributed by atoms with Crippen molar-refractivity contribution in [2.24, 2.45) is 0 Å². The standard InChI is InChI=1S/C18H24FN5O2S/c1-12-8-14(10-24(12)11-15-17(19)22-18(20)27-15)26-16-3-2-13(9-21-16)23-4-6-25-7-5-23/h2-3,9,12,14H,4-8,10-11H2,1H3,(H2,20,22)/t12-,14+/m0/s1. The molecule has 0 unspecified atom stereocenters. The van der Waals surface area contributed by atoms with E-state index in [1.54, 1.807) is 0 Å². The molecular weight excluding hydrogens is 369 g/mol. The number of likely N-dealkylation sites (tertiary alicyclic amines) is 1. The van der Waals surface area contributed by atoms with E-state index in [4.69, 9.17) is 15.2 Å². The molecule has 0 bridgehead atoms. The fourth-order valence-electron chi connectivity index (χ4n) is 3.61. The summed E-state index contributed by atoms with van der Waals surface area (Å²) < 4.78 is 25.2. The van der Waals surface area contributed by atoms with Gasteiger partial charge in [0.25, 0.3) is 0 Å². The van der Waals surface area contributed by atoms with Crippen LogP contribution in [0.3, 0.4) is 0 Å². The van der Waals surface area contributed by atoms with Crippen molar-refractivity contribution >= 4 is 22.2 Å². The quantitative estimate of drug-likeness (QED) is 0.834. The zero-order chi connectivity index (χ0) is 18.8. The van der Waals surface area contributed by atoms with Crippen LogP contribution >= 0.6 is 11.3 Å². The largest absolute Gasteiger partial charge is 0.473 e. The Kier molecular flexibility index (Phi) is 5.42. The molecule has 2 aromatic heterocycles. The van der Waals surface area contributed by atoms with Crippen LogP contribution in [0.4, 0.5) is 15.2 Å². The molecule has 2 fully saturated rings. The molecule has 2 atom stereocenters. The van der Waals surface area contributed by atoms with Crippen molar-refractivity contribution in [1.29, 1.82) is 0 Å². The van der Waals surface area contributed by atoms with Gasteiger partial charge < -0.3 is 20.1 Å². The van der Waals surface area contributed by atoms with Crippen molar-refractivity contribution in [2.45, 2.75) is 32.0 Å². The second-order valence-electron chi connectivity index (χ2n) is 6.97. The monoisotopic (exact) mass is 393 g/mol. The lowest BCUT2D eigenvalue weighted by Crippen LogP contribution is -2.36. The average Bonchev–Trinajstić information content (AvgIpc) is 3.17. The van der Waals surface area contributed by atoms with Crippen molar-refractivity contribution in [2.75, 3.05) is 43.5 Å². The Hall–Kier alpha value is -1.97. The molecule has 0 amide bonds. The lowest BCUT2D eigenvalue weighted by molar-refractivity contribution is 0.122. The number of hydrogen-bond donors (Lipinski definition) is 1. The van der Waals surface area contributed by atoms with E-state index in [1.807, 2.05) is 18.3 Å². The van der Waals surface area contributed by atoms with Gasteiger partial charge in [0.15, 0.2) is 5.13 Å². The molecule has 0 radical (unpaired) electrons. The summed E-state index contributed by atoms with van der Waals surface area (Å²) in [5.41, 5.74) is 6.68. The van der Waals surface area contributed by atoms with Crippen molar-refractivity contribution in [3.05, 3.63) is 29.2 Å². The summed E-state index contributed by atoms with van der Waals surface area (Å²) in [6.45, 7) is 6.63. The third kappa shape index (κ3) is 4.31. The van der Waals surface area contributed by atoms with Crippen LogP contribution in [0.5, 0.6) is 5.88 Å². The highest BCUT2D eigenvalue weighted by molar-refractivity contribution is 7.15. The van der Waals surface area contributed by atoms with Crippen LogP contribution in [0.25, 0.3) is 0 Å². The molecule has 2 N–H and O–H groups in total.